The van der Waals surface area contributed by atoms with Gasteiger partial charge in [-0.1, -0.05) is 42.5 Å². The van der Waals surface area contributed by atoms with Gasteiger partial charge in [0.05, 0.1) is 12.1 Å². The molecule has 3 nitrogen and oxygen atoms in total. The highest BCUT2D eigenvalue weighted by Crippen LogP contribution is 2.21. The summed E-state index contributed by atoms with van der Waals surface area (Å²) >= 11 is 0. The van der Waals surface area contributed by atoms with Crippen LogP contribution in [0, 0.1) is 11.6 Å². The van der Waals surface area contributed by atoms with Gasteiger partial charge in [0.15, 0.2) is 0 Å². The molecule has 1 amide bonds. The molecule has 5 heteroatoms. The van der Waals surface area contributed by atoms with Crippen molar-refractivity contribution in [2.75, 3.05) is 6.61 Å². The molecule has 2 N–H and O–H groups in total. The molecule has 144 valence electrons. The molecule has 3 aromatic carbocycles. The summed E-state index contributed by atoms with van der Waals surface area (Å²) in [4.78, 5) is 12.6. The Labute approximate surface area is 162 Å². The Morgan fingerprint density at radius 1 is 0.929 bits per heavy atom. The normalized spacial score (nSPS) is 13.0. The van der Waals surface area contributed by atoms with E-state index in [1.807, 2.05) is 0 Å². The number of halogens is 2. The molecule has 0 saturated carbocycles. The molecule has 1 atom stereocenters. The van der Waals surface area contributed by atoms with Crippen LogP contribution in [0.15, 0.2) is 72.8 Å². The average molecular weight is 381 g/mol. The fourth-order valence-corrected chi connectivity index (χ4v) is 3.00. The van der Waals surface area contributed by atoms with Gasteiger partial charge in [0.1, 0.15) is 11.6 Å². The third kappa shape index (κ3) is 4.61. The summed E-state index contributed by atoms with van der Waals surface area (Å²) in [6, 6.07) is 19.3. The summed E-state index contributed by atoms with van der Waals surface area (Å²) in [5.74, 6) is -1.04. The van der Waals surface area contributed by atoms with Crippen molar-refractivity contribution in [3.8, 4) is 11.1 Å². The van der Waals surface area contributed by atoms with Crippen LogP contribution in [0.3, 0.4) is 0 Å². The van der Waals surface area contributed by atoms with E-state index in [2.05, 4.69) is 5.32 Å². The van der Waals surface area contributed by atoms with Gasteiger partial charge < -0.3 is 10.4 Å². The van der Waals surface area contributed by atoms with Crippen LogP contribution in [0.5, 0.6) is 0 Å². The number of carbonyl (C=O) groups excluding carboxylic acids is 1. The summed E-state index contributed by atoms with van der Waals surface area (Å²) in [5, 5.41) is 12.6. The van der Waals surface area contributed by atoms with Gasteiger partial charge in [-0.2, -0.15) is 0 Å². The topological polar surface area (TPSA) is 49.3 Å². The third-order valence-electron chi connectivity index (χ3n) is 4.63. The molecule has 3 rings (SSSR count). The van der Waals surface area contributed by atoms with Crippen molar-refractivity contribution >= 4 is 5.91 Å². The zero-order valence-corrected chi connectivity index (χ0v) is 15.5. The molecule has 0 radical (unpaired) electrons. The van der Waals surface area contributed by atoms with Crippen LogP contribution in [0.2, 0.25) is 0 Å². The molecule has 0 aliphatic carbocycles. The van der Waals surface area contributed by atoms with Crippen LogP contribution in [0.25, 0.3) is 11.1 Å². The van der Waals surface area contributed by atoms with Crippen LogP contribution in [0.1, 0.15) is 22.8 Å². The maximum atomic E-state index is 13.9. The molecule has 0 spiro atoms. The second kappa shape index (κ2) is 8.31. The summed E-state index contributed by atoms with van der Waals surface area (Å²) < 4.78 is 27.0. The monoisotopic (exact) mass is 381 g/mol. The molecule has 0 aliphatic rings. The predicted octanol–water partition coefficient (Wildman–Crippen LogP) is 4.36. The summed E-state index contributed by atoms with van der Waals surface area (Å²) in [5.41, 5.74) is 1.53. The first-order chi connectivity index (χ1) is 13.4. The Balaban J connectivity index is 1.73. The molecule has 0 heterocycles. The summed E-state index contributed by atoms with van der Waals surface area (Å²) in [6.07, 6.45) is 0.162. The predicted molar refractivity (Wildman–Crippen MR) is 105 cm³/mol. The van der Waals surface area contributed by atoms with Crippen LogP contribution >= 0.6 is 0 Å². The SMILES string of the molecule is CC(CO)(Cc1ccccc1F)NC(=O)c1ccc(-c2ccc(F)cc2)cc1. The van der Waals surface area contributed by atoms with Gasteiger partial charge in [-0.25, -0.2) is 8.78 Å². The zero-order chi connectivity index (χ0) is 20.1. The van der Waals surface area contributed by atoms with E-state index in [0.717, 1.165) is 11.1 Å². The highest BCUT2D eigenvalue weighted by atomic mass is 19.1. The average Bonchev–Trinajstić information content (AvgIpc) is 2.70. The molecule has 0 aliphatic heterocycles. The number of aliphatic hydroxyl groups excluding tert-OH is 1. The number of hydrogen-bond acceptors (Lipinski definition) is 2. The van der Waals surface area contributed by atoms with Crippen LogP contribution in [-0.2, 0) is 6.42 Å². The fourth-order valence-electron chi connectivity index (χ4n) is 3.00. The Morgan fingerprint density at radius 3 is 2.07 bits per heavy atom. The molecule has 1 unspecified atom stereocenters. The van der Waals surface area contributed by atoms with E-state index in [0.29, 0.717) is 11.1 Å². The van der Waals surface area contributed by atoms with E-state index in [1.54, 1.807) is 61.5 Å². The van der Waals surface area contributed by atoms with Crippen LogP contribution in [-0.4, -0.2) is 23.2 Å². The first-order valence-electron chi connectivity index (χ1n) is 8.93. The van der Waals surface area contributed by atoms with Gasteiger partial charge in [0, 0.05) is 12.0 Å². The Morgan fingerprint density at radius 2 is 1.50 bits per heavy atom. The highest BCUT2D eigenvalue weighted by molar-refractivity contribution is 5.95. The molecule has 28 heavy (non-hydrogen) atoms. The minimum atomic E-state index is -1.01. The number of hydrogen-bond donors (Lipinski definition) is 2. The van der Waals surface area contributed by atoms with Crippen molar-refractivity contribution in [1.82, 2.24) is 5.32 Å². The number of nitrogens with one attached hydrogen (secondary N) is 1. The van der Waals surface area contributed by atoms with Gasteiger partial charge in [-0.15, -0.1) is 0 Å². The van der Waals surface area contributed by atoms with Crippen molar-refractivity contribution in [3.63, 3.8) is 0 Å². The molecule has 0 aromatic heterocycles. The van der Waals surface area contributed by atoms with E-state index >= 15 is 0 Å². The van der Waals surface area contributed by atoms with Gasteiger partial charge in [0.25, 0.3) is 5.91 Å². The first kappa shape index (κ1) is 19.7. The van der Waals surface area contributed by atoms with E-state index in [-0.39, 0.29) is 30.6 Å². The summed E-state index contributed by atoms with van der Waals surface area (Å²) in [6.45, 7) is 1.34. The van der Waals surface area contributed by atoms with Crippen molar-refractivity contribution in [2.24, 2.45) is 0 Å². The van der Waals surface area contributed by atoms with Crippen molar-refractivity contribution in [1.29, 1.82) is 0 Å². The zero-order valence-electron chi connectivity index (χ0n) is 15.5. The maximum Gasteiger partial charge on any atom is 0.251 e. The number of amides is 1. The van der Waals surface area contributed by atoms with Crippen molar-refractivity contribution in [3.05, 3.63) is 95.6 Å². The minimum Gasteiger partial charge on any atom is -0.394 e. The Bertz CT molecular complexity index is 955. The molecular weight excluding hydrogens is 360 g/mol. The molecule has 3 aromatic rings. The lowest BCUT2D eigenvalue weighted by Crippen LogP contribution is -2.50. The van der Waals surface area contributed by atoms with Gasteiger partial charge >= 0.3 is 0 Å². The fraction of sp³-hybridized carbons (Fsp3) is 0.174. The Kier molecular flexibility index (Phi) is 5.85. The third-order valence-corrected chi connectivity index (χ3v) is 4.63. The number of benzene rings is 3. The number of rotatable bonds is 6. The van der Waals surface area contributed by atoms with Crippen LogP contribution in [0.4, 0.5) is 8.78 Å². The van der Waals surface area contributed by atoms with Crippen molar-refractivity contribution in [2.45, 2.75) is 18.9 Å². The quantitative estimate of drug-likeness (QED) is 0.667. The van der Waals surface area contributed by atoms with Gasteiger partial charge in [-0.3, -0.25) is 4.79 Å². The molecule has 0 bridgehead atoms. The maximum absolute atomic E-state index is 13.9. The lowest BCUT2D eigenvalue weighted by atomic mass is 9.92. The molecule has 0 saturated heterocycles. The van der Waals surface area contributed by atoms with Gasteiger partial charge in [-0.05, 0) is 53.9 Å². The standard InChI is InChI=1S/C23H21F2NO2/c1-23(15-27,14-19-4-2-3-5-21(19)25)26-22(28)18-8-6-16(7-9-18)17-10-12-20(24)13-11-17/h2-13,27H,14-15H2,1H3,(H,26,28). The van der Waals surface area contributed by atoms with E-state index < -0.39 is 5.54 Å². The van der Waals surface area contributed by atoms with Crippen LogP contribution < -0.4 is 5.32 Å². The highest BCUT2D eigenvalue weighted by Gasteiger charge is 2.27. The lowest BCUT2D eigenvalue weighted by Gasteiger charge is -2.29. The number of aliphatic hydroxyl groups is 1. The summed E-state index contributed by atoms with van der Waals surface area (Å²) in [7, 11) is 0. The molecule has 0 fully saturated rings. The second-order valence-corrected chi connectivity index (χ2v) is 7.03. The van der Waals surface area contributed by atoms with E-state index in [9.17, 15) is 18.7 Å². The minimum absolute atomic E-state index is 0.162. The van der Waals surface area contributed by atoms with Crippen molar-refractivity contribution < 1.29 is 18.7 Å². The van der Waals surface area contributed by atoms with Gasteiger partial charge in [0.2, 0.25) is 0 Å². The Hall–Kier alpha value is -3.05. The smallest absolute Gasteiger partial charge is 0.251 e. The largest absolute Gasteiger partial charge is 0.394 e. The van der Waals surface area contributed by atoms with E-state index in [4.69, 9.17) is 0 Å². The lowest BCUT2D eigenvalue weighted by molar-refractivity contribution is 0.0851. The second-order valence-electron chi connectivity index (χ2n) is 7.03. The first-order valence-corrected chi connectivity index (χ1v) is 8.93. The number of carbonyl (C=O) groups is 1. The van der Waals surface area contributed by atoms with E-state index in [1.165, 1.54) is 18.2 Å². The molecular formula is C23H21F2NO2.